The molecular weight excluding hydrogens is 328 g/mol. The molecule has 114 valence electrons. The Labute approximate surface area is 135 Å². The number of amides is 1. The van der Waals surface area contributed by atoms with Crippen LogP contribution >= 0.6 is 15.9 Å². The van der Waals surface area contributed by atoms with E-state index in [4.69, 9.17) is 0 Å². The highest BCUT2D eigenvalue weighted by molar-refractivity contribution is 9.10. The van der Waals surface area contributed by atoms with Gasteiger partial charge in [0.15, 0.2) is 0 Å². The van der Waals surface area contributed by atoms with Gasteiger partial charge >= 0.3 is 0 Å². The van der Waals surface area contributed by atoms with Gasteiger partial charge in [-0.25, -0.2) is 0 Å². The first-order valence-electron chi connectivity index (χ1n) is 7.96. The van der Waals surface area contributed by atoms with Gasteiger partial charge in [-0.1, -0.05) is 47.0 Å². The molecule has 2 fully saturated rings. The highest BCUT2D eigenvalue weighted by Crippen LogP contribution is 2.33. The lowest BCUT2D eigenvalue weighted by molar-refractivity contribution is -0.123. The zero-order valence-corrected chi connectivity index (χ0v) is 14.0. The van der Waals surface area contributed by atoms with Gasteiger partial charge in [-0.3, -0.25) is 4.79 Å². The van der Waals surface area contributed by atoms with E-state index in [9.17, 15) is 4.79 Å². The minimum atomic E-state index is -0.0111. The summed E-state index contributed by atoms with van der Waals surface area (Å²) in [4.78, 5) is 12.5. The number of hydrogen-bond acceptors (Lipinski definition) is 2. The van der Waals surface area contributed by atoms with E-state index in [1.165, 1.54) is 25.7 Å². The van der Waals surface area contributed by atoms with Crippen LogP contribution in [0.1, 0.15) is 50.6 Å². The first kappa shape index (κ1) is 15.0. The van der Waals surface area contributed by atoms with Gasteiger partial charge in [0.2, 0.25) is 5.91 Å². The van der Waals surface area contributed by atoms with Crippen LogP contribution in [-0.4, -0.2) is 18.0 Å². The normalized spacial score (nSPS) is 29.7. The van der Waals surface area contributed by atoms with Crippen LogP contribution in [0, 0.1) is 5.92 Å². The fourth-order valence-corrected chi connectivity index (χ4v) is 4.37. The van der Waals surface area contributed by atoms with Gasteiger partial charge in [-0.15, -0.1) is 0 Å². The van der Waals surface area contributed by atoms with Crippen molar-refractivity contribution in [3.63, 3.8) is 0 Å². The predicted octanol–water partition coefficient (Wildman–Crippen LogP) is 3.55. The lowest BCUT2D eigenvalue weighted by Crippen LogP contribution is -2.43. The van der Waals surface area contributed by atoms with Gasteiger partial charge < -0.3 is 10.6 Å². The molecule has 1 heterocycles. The number of carbonyl (C=O) groups is 1. The average Bonchev–Trinajstić information content (AvgIpc) is 2.91. The lowest BCUT2D eigenvalue weighted by Gasteiger charge is -2.24. The number of halogens is 1. The average molecular weight is 351 g/mol. The zero-order chi connectivity index (χ0) is 14.8. The first-order valence-corrected chi connectivity index (χ1v) is 8.75. The molecule has 3 unspecified atom stereocenters. The summed E-state index contributed by atoms with van der Waals surface area (Å²) in [7, 11) is 0. The largest absolute Gasteiger partial charge is 0.348 e. The molecule has 1 saturated carbocycles. The summed E-state index contributed by atoms with van der Waals surface area (Å²) in [6, 6.07) is 8.64. The van der Waals surface area contributed by atoms with Gasteiger partial charge in [0.05, 0.1) is 12.1 Å². The van der Waals surface area contributed by atoms with Gasteiger partial charge in [-0.2, -0.15) is 0 Å². The summed E-state index contributed by atoms with van der Waals surface area (Å²) in [6.45, 7) is 2.04. The second-order valence-corrected chi connectivity index (χ2v) is 7.21. The van der Waals surface area contributed by atoms with Crippen LogP contribution in [0.4, 0.5) is 0 Å². The van der Waals surface area contributed by atoms with Gasteiger partial charge in [-0.05, 0) is 43.7 Å². The maximum Gasteiger partial charge on any atom is 0.237 e. The van der Waals surface area contributed by atoms with Crippen LogP contribution in [-0.2, 0) is 4.79 Å². The van der Waals surface area contributed by atoms with E-state index in [1.807, 2.05) is 25.1 Å². The van der Waals surface area contributed by atoms with Crippen LogP contribution < -0.4 is 10.6 Å². The predicted molar refractivity (Wildman–Crippen MR) is 88.0 cm³/mol. The smallest absolute Gasteiger partial charge is 0.237 e. The van der Waals surface area contributed by atoms with Crippen molar-refractivity contribution in [2.24, 2.45) is 5.92 Å². The van der Waals surface area contributed by atoms with E-state index >= 15 is 0 Å². The Morgan fingerprint density at radius 2 is 2.10 bits per heavy atom. The summed E-state index contributed by atoms with van der Waals surface area (Å²) in [6.07, 6.45) is 6.13. The SMILES string of the molecule is C[C@@H](NC(=O)C1CC2CCCCC2N1)c1ccccc1Br. The number of rotatable bonds is 3. The third kappa shape index (κ3) is 3.32. The molecule has 4 atom stereocenters. The van der Waals surface area contributed by atoms with Crippen molar-refractivity contribution in [1.29, 1.82) is 0 Å². The van der Waals surface area contributed by atoms with E-state index in [2.05, 4.69) is 32.6 Å². The number of carbonyl (C=O) groups excluding carboxylic acids is 1. The van der Waals surface area contributed by atoms with Gasteiger partial charge in [0.1, 0.15) is 0 Å². The van der Waals surface area contributed by atoms with E-state index in [0.29, 0.717) is 12.0 Å². The highest BCUT2D eigenvalue weighted by atomic mass is 79.9. The Hall–Kier alpha value is -0.870. The summed E-state index contributed by atoms with van der Waals surface area (Å²) >= 11 is 3.55. The fraction of sp³-hybridized carbons (Fsp3) is 0.588. The Balaban J connectivity index is 1.60. The summed E-state index contributed by atoms with van der Waals surface area (Å²) in [5.74, 6) is 0.848. The maximum absolute atomic E-state index is 12.5. The van der Waals surface area contributed by atoms with Crippen molar-refractivity contribution in [3.8, 4) is 0 Å². The number of hydrogen-bond donors (Lipinski definition) is 2. The molecule has 1 saturated heterocycles. The van der Waals surface area contributed by atoms with Crippen molar-refractivity contribution in [2.75, 3.05) is 0 Å². The molecule has 0 aromatic heterocycles. The molecule has 0 radical (unpaired) electrons. The number of benzene rings is 1. The molecule has 0 spiro atoms. The number of nitrogens with one attached hydrogen (secondary N) is 2. The minimum absolute atomic E-state index is 0.0111. The first-order chi connectivity index (χ1) is 10.1. The fourth-order valence-electron chi connectivity index (χ4n) is 3.74. The Morgan fingerprint density at radius 3 is 2.86 bits per heavy atom. The molecule has 1 aromatic carbocycles. The summed E-state index contributed by atoms with van der Waals surface area (Å²) in [5, 5.41) is 6.70. The zero-order valence-electron chi connectivity index (χ0n) is 12.4. The van der Waals surface area contributed by atoms with Crippen molar-refractivity contribution in [3.05, 3.63) is 34.3 Å². The molecule has 1 aromatic rings. The second-order valence-electron chi connectivity index (χ2n) is 6.36. The molecule has 3 rings (SSSR count). The van der Waals surface area contributed by atoms with E-state index < -0.39 is 0 Å². The number of fused-ring (bicyclic) bond motifs is 1. The van der Waals surface area contributed by atoms with Crippen LogP contribution in [0.5, 0.6) is 0 Å². The molecule has 1 aliphatic carbocycles. The Morgan fingerprint density at radius 1 is 1.33 bits per heavy atom. The second kappa shape index (κ2) is 6.49. The van der Waals surface area contributed by atoms with Crippen LogP contribution in [0.15, 0.2) is 28.7 Å². The molecule has 1 aliphatic heterocycles. The van der Waals surface area contributed by atoms with Crippen molar-refractivity contribution < 1.29 is 4.79 Å². The summed E-state index contributed by atoms with van der Waals surface area (Å²) in [5.41, 5.74) is 1.13. The van der Waals surface area contributed by atoms with Crippen LogP contribution in [0.3, 0.4) is 0 Å². The molecule has 2 N–H and O–H groups in total. The van der Waals surface area contributed by atoms with Gasteiger partial charge in [0, 0.05) is 10.5 Å². The van der Waals surface area contributed by atoms with Crippen LogP contribution in [0.25, 0.3) is 0 Å². The molecule has 3 nitrogen and oxygen atoms in total. The summed E-state index contributed by atoms with van der Waals surface area (Å²) < 4.78 is 1.05. The van der Waals surface area contributed by atoms with E-state index in [0.717, 1.165) is 16.5 Å². The molecule has 4 heteroatoms. The third-order valence-electron chi connectivity index (χ3n) is 4.91. The Bertz CT molecular complexity index is 505. The monoisotopic (exact) mass is 350 g/mol. The quantitative estimate of drug-likeness (QED) is 0.875. The van der Waals surface area contributed by atoms with Crippen molar-refractivity contribution in [1.82, 2.24) is 10.6 Å². The van der Waals surface area contributed by atoms with Crippen molar-refractivity contribution >= 4 is 21.8 Å². The Kier molecular flexibility index (Phi) is 4.65. The molecule has 21 heavy (non-hydrogen) atoms. The highest BCUT2D eigenvalue weighted by Gasteiger charge is 2.38. The van der Waals surface area contributed by atoms with Crippen molar-refractivity contribution in [2.45, 2.75) is 57.2 Å². The molecule has 2 aliphatic rings. The molecule has 0 bridgehead atoms. The molecular formula is C17H23BrN2O. The lowest BCUT2D eigenvalue weighted by atomic mass is 9.85. The molecule has 1 amide bonds. The topological polar surface area (TPSA) is 41.1 Å². The van der Waals surface area contributed by atoms with E-state index in [1.54, 1.807) is 0 Å². The van der Waals surface area contributed by atoms with Gasteiger partial charge in [0.25, 0.3) is 0 Å². The van der Waals surface area contributed by atoms with E-state index in [-0.39, 0.29) is 18.0 Å². The third-order valence-corrected chi connectivity index (χ3v) is 5.63. The standard InChI is InChI=1S/C17H23BrN2O/c1-11(13-7-3-4-8-14(13)18)19-17(21)16-10-12-6-2-5-9-15(12)20-16/h3-4,7-8,11-12,15-16,20H,2,5-6,9-10H2,1H3,(H,19,21)/t11-,12?,15?,16?/m1/s1. The van der Waals surface area contributed by atoms with Crippen LogP contribution in [0.2, 0.25) is 0 Å². The minimum Gasteiger partial charge on any atom is -0.348 e. The maximum atomic E-state index is 12.5.